The Hall–Kier alpha value is -2.56. The molecule has 0 spiro atoms. The summed E-state index contributed by atoms with van der Waals surface area (Å²) in [5.41, 5.74) is 2.10. The first-order chi connectivity index (χ1) is 16.0. The van der Waals surface area contributed by atoms with Crippen molar-refractivity contribution >= 4 is 24.5 Å². The zero-order chi connectivity index (χ0) is 24.1. The molecule has 0 saturated heterocycles. The van der Waals surface area contributed by atoms with Crippen molar-refractivity contribution in [2.45, 2.75) is 20.3 Å². The Bertz CT molecular complexity index is 1200. The van der Waals surface area contributed by atoms with Crippen molar-refractivity contribution < 1.29 is 58.5 Å². The van der Waals surface area contributed by atoms with E-state index in [-0.39, 0.29) is 49.5 Å². The molecule has 1 aliphatic rings. The molecule has 34 heavy (non-hydrogen) atoms. The molecule has 4 heterocycles. The summed E-state index contributed by atoms with van der Waals surface area (Å²) < 4.78 is 31.1. The second kappa shape index (κ2) is 15.4. The fourth-order valence-corrected chi connectivity index (χ4v) is 3.90. The average molecular weight is 494 g/mol. The number of hydrogen-bond acceptors (Lipinski definition) is 10. The summed E-state index contributed by atoms with van der Waals surface area (Å²) in [4.78, 5) is 18.8. The van der Waals surface area contributed by atoms with E-state index in [1.807, 2.05) is 12.1 Å². The summed E-state index contributed by atoms with van der Waals surface area (Å²) in [6.07, 6.45) is 5.06. The SMILES string of the molecule is CCOP(=O)(CC#N)OCC.N#CCc1coc2ncccc12.O=C1COc2ncccc21.[H-].[Na+]. The second-order valence-electron chi connectivity index (χ2n) is 6.28. The minimum absolute atomic E-state index is 0. The van der Waals surface area contributed by atoms with E-state index in [4.69, 9.17) is 28.7 Å². The predicted octanol–water partition coefficient (Wildman–Crippen LogP) is 1.44. The Balaban J connectivity index is 0.000000483. The van der Waals surface area contributed by atoms with Gasteiger partial charge in [-0.05, 0) is 38.1 Å². The Morgan fingerprint density at radius 3 is 2.41 bits per heavy atom. The van der Waals surface area contributed by atoms with Crippen LogP contribution in [0.2, 0.25) is 0 Å². The standard InChI is InChI=1S/C9H6N2O.C7H5NO2.C6H12NO3P.Na.H/c10-4-3-7-6-12-9-8(7)2-1-5-11-9;9-6-4-10-7-5(6)2-1-3-8-7;1-3-9-11(8,6-5-7)10-4-2;;/h1-2,5-6H,3H2;1-3H,4H2;3-4,6H2,1-2H3;;/q;;;+1;-1. The zero-order valence-electron chi connectivity index (χ0n) is 20.3. The zero-order valence-corrected chi connectivity index (χ0v) is 22.2. The van der Waals surface area contributed by atoms with Gasteiger partial charge in [-0.25, -0.2) is 9.97 Å². The van der Waals surface area contributed by atoms with Gasteiger partial charge < -0.3 is 19.6 Å². The van der Waals surface area contributed by atoms with Gasteiger partial charge in [-0.3, -0.25) is 9.36 Å². The molecule has 12 heteroatoms. The van der Waals surface area contributed by atoms with Crippen LogP contribution in [-0.2, 0) is 20.0 Å². The third kappa shape index (κ3) is 8.66. The average Bonchev–Trinajstić information content (AvgIpc) is 3.40. The summed E-state index contributed by atoms with van der Waals surface area (Å²) >= 11 is 0. The molecule has 0 fully saturated rings. The molecular formula is C22H24N4NaO6P. The molecule has 10 nitrogen and oxygen atoms in total. The molecule has 1 aliphatic heterocycles. The van der Waals surface area contributed by atoms with E-state index in [0.717, 1.165) is 10.9 Å². The van der Waals surface area contributed by atoms with Crippen molar-refractivity contribution in [1.82, 2.24) is 9.97 Å². The van der Waals surface area contributed by atoms with Gasteiger partial charge in [-0.15, -0.1) is 0 Å². The minimum Gasteiger partial charge on any atom is -1.00 e. The normalized spacial score (nSPS) is 11.4. The van der Waals surface area contributed by atoms with Gasteiger partial charge >= 0.3 is 37.2 Å². The monoisotopic (exact) mass is 494 g/mol. The number of aromatic nitrogens is 2. The van der Waals surface area contributed by atoms with Crippen LogP contribution in [0.4, 0.5) is 0 Å². The number of fused-ring (bicyclic) bond motifs is 2. The van der Waals surface area contributed by atoms with Crippen LogP contribution in [0.3, 0.4) is 0 Å². The Kier molecular flexibility index (Phi) is 13.3. The van der Waals surface area contributed by atoms with E-state index < -0.39 is 7.60 Å². The van der Waals surface area contributed by atoms with Gasteiger partial charge in [0.25, 0.3) is 0 Å². The molecule has 3 aromatic rings. The van der Waals surface area contributed by atoms with Crippen LogP contribution < -0.4 is 34.3 Å². The molecule has 4 rings (SSSR count). The number of ketones is 1. The van der Waals surface area contributed by atoms with Crippen LogP contribution in [0.15, 0.2) is 47.3 Å². The molecule has 0 unspecified atom stereocenters. The minimum atomic E-state index is -3.08. The molecular weight excluding hydrogens is 470 g/mol. The number of nitrogens with zero attached hydrogens (tertiary/aromatic N) is 4. The third-order valence-electron chi connectivity index (χ3n) is 4.03. The fourth-order valence-electron chi connectivity index (χ4n) is 2.68. The Morgan fingerprint density at radius 2 is 1.79 bits per heavy atom. The van der Waals surface area contributed by atoms with Crippen LogP contribution in [0.1, 0.15) is 31.2 Å². The fraction of sp³-hybridized carbons (Fsp3) is 0.318. The van der Waals surface area contributed by atoms with E-state index >= 15 is 0 Å². The summed E-state index contributed by atoms with van der Waals surface area (Å²) in [5, 5.41) is 17.7. The van der Waals surface area contributed by atoms with Crippen molar-refractivity contribution in [3.05, 3.63) is 54.0 Å². The predicted molar refractivity (Wildman–Crippen MR) is 120 cm³/mol. The molecule has 174 valence electrons. The van der Waals surface area contributed by atoms with Gasteiger partial charge in [0.1, 0.15) is 6.16 Å². The second-order valence-corrected chi connectivity index (χ2v) is 8.34. The Morgan fingerprint density at radius 1 is 1.12 bits per heavy atom. The molecule has 3 aromatic heterocycles. The maximum Gasteiger partial charge on any atom is 1.00 e. The number of nitriles is 2. The summed E-state index contributed by atoms with van der Waals surface area (Å²) in [6, 6.07) is 11.0. The van der Waals surface area contributed by atoms with E-state index in [2.05, 4.69) is 16.0 Å². The molecule has 0 bridgehead atoms. The number of carbonyl (C=O) groups is 1. The van der Waals surface area contributed by atoms with Crippen LogP contribution in [-0.4, -0.2) is 41.7 Å². The van der Waals surface area contributed by atoms with Gasteiger partial charge in [-0.1, -0.05) is 0 Å². The first kappa shape index (κ1) is 29.5. The topological polar surface area (TPSA) is 148 Å². The van der Waals surface area contributed by atoms with Gasteiger partial charge in [0, 0.05) is 23.3 Å². The third-order valence-corrected chi connectivity index (χ3v) is 5.86. The quantitative estimate of drug-likeness (QED) is 0.364. The Labute approximate surface area is 221 Å². The maximum atomic E-state index is 11.3. The van der Waals surface area contributed by atoms with Crippen LogP contribution >= 0.6 is 7.60 Å². The summed E-state index contributed by atoms with van der Waals surface area (Å²) in [7, 11) is -3.08. The van der Waals surface area contributed by atoms with E-state index in [1.165, 1.54) is 0 Å². The molecule has 0 radical (unpaired) electrons. The van der Waals surface area contributed by atoms with Crippen LogP contribution in [0, 0.1) is 22.7 Å². The number of rotatable bonds is 6. The molecule has 0 amide bonds. The first-order valence-corrected chi connectivity index (χ1v) is 11.7. The molecule has 0 atom stereocenters. The number of hydrogen-bond donors (Lipinski definition) is 0. The van der Waals surface area contributed by atoms with Crippen molar-refractivity contribution in [2.24, 2.45) is 0 Å². The van der Waals surface area contributed by atoms with Crippen molar-refractivity contribution in [3.8, 4) is 18.0 Å². The van der Waals surface area contributed by atoms with Gasteiger partial charge in [0.05, 0.1) is 43.6 Å². The van der Waals surface area contributed by atoms with Gasteiger partial charge in [-0.2, -0.15) is 10.5 Å². The van der Waals surface area contributed by atoms with Crippen molar-refractivity contribution in [3.63, 3.8) is 0 Å². The molecule has 0 N–H and O–H groups in total. The van der Waals surface area contributed by atoms with E-state index in [1.54, 1.807) is 50.7 Å². The van der Waals surface area contributed by atoms with Gasteiger partial charge in [0.15, 0.2) is 6.61 Å². The number of furan rings is 1. The van der Waals surface area contributed by atoms with Crippen LogP contribution in [0.25, 0.3) is 11.1 Å². The number of pyridine rings is 2. The largest absolute Gasteiger partial charge is 1.00 e. The van der Waals surface area contributed by atoms with E-state index in [0.29, 0.717) is 36.8 Å². The maximum absolute atomic E-state index is 11.3. The van der Waals surface area contributed by atoms with Crippen molar-refractivity contribution in [1.29, 1.82) is 10.5 Å². The van der Waals surface area contributed by atoms with Crippen LogP contribution in [0.5, 0.6) is 5.88 Å². The first-order valence-electron chi connectivity index (χ1n) is 10.0. The van der Waals surface area contributed by atoms with Gasteiger partial charge in [0.2, 0.25) is 17.4 Å². The van der Waals surface area contributed by atoms with E-state index in [9.17, 15) is 9.36 Å². The molecule has 0 saturated carbocycles. The number of Topliss-reactive ketones (excluding diaryl/α,β-unsaturated/α-hetero) is 1. The number of carbonyl (C=O) groups excluding carboxylic acids is 1. The summed E-state index contributed by atoms with van der Waals surface area (Å²) in [6.45, 7) is 4.18. The summed E-state index contributed by atoms with van der Waals surface area (Å²) in [5.74, 6) is 0.482. The number of ether oxygens (including phenoxy) is 1. The molecule has 0 aromatic carbocycles. The molecule has 0 aliphatic carbocycles. The smallest absolute Gasteiger partial charge is 1.00 e. The van der Waals surface area contributed by atoms with Crippen molar-refractivity contribution in [2.75, 3.05) is 26.0 Å².